The summed E-state index contributed by atoms with van der Waals surface area (Å²) in [6.45, 7) is 12.4. The lowest BCUT2D eigenvalue weighted by Crippen LogP contribution is -2.39. The number of benzene rings is 1. The summed E-state index contributed by atoms with van der Waals surface area (Å²) < 4.78 is 5.61. The number of rotatable bonds is 11. The van der Waals surface area contributed by atoms with Gasteiger partial charge in [0.1, 0.15) is 0 Å². The average molecular weight is 490 g/mol. The van der Waals surface area contributed by atoms with E-state index >= 15 is 0 Å². The lowest BCUT2D eigenvalue weighted by atomic mass is 10.1. The summed E-state index contributed by atoms with van der Waals surface area (Å²) in [6.07, 6.45) is 1.08. The van der Waals surface area contributed by atoms with Gasteiger partial charge in [-0.2, -0.15) is 0 Å². The minimum atomic E-state index is -0.0538. The van der Waals surface area contributed by atoms with Crippen molar-refractivity contribution in [3.05, 3.63) is 35.4 Å². The minimum Gasteiger partial charge on any atom is -0.380 e. The number of nitrogens with one attached hydrogen (secondary N) is 3. The van der Waals surface area contributed by atoms with Crippen LogP contribution in [0.1, 0.15) is 50.0 Å². The van der Waals surface area contributed by atoms with Crippen molar-refractivity contribution in [2.75, 3.05) is 32.8 Å². The monoisotopic (exact) mass is 490 g/mol. The highest BCUT2D eigenvalue weighted by Gasteiger charge is 2.05. The molecule has 0 fully saturated rings. The summed E-state index contributed by atoms with van der Waals surface area (Å²) in [5.74, 6) is 1.36. The van der Waals surface area contributed by atoms with Crippen LogP contribution in [-0.4, -0.2) is 44.7 Å². The molecule has 0 aliphatic carbocycles. The van der Waals surface area contributed by atoms with E-state index in [2.05, 4.69) is 34.8 Å². The molecule has 7 heteroatoms. The van der Waals surface area contributed by atoms with Crippen LogP contribution in [0.15, 0.2) is 29.3 Å². The number of hydrogen-bond acceptors (Lipinski definition) is 3. The zero-order valence-corrected chi connectivity index (χ0v) is 19.3. The van der Waals surface area contributed by atoms with Crippen LogP contribution in [0.4, 0.5) is 0 Å². The highest BCUT2D eigenvalue weighted by Crippen LogP contribution is 2.06. The number of hydrogen-bond donors (Lipinski definition) is 3. The number of guanidine groups is 1. The summed E-state index contributed by atoms with van der Waals surface area (Å²) in [7, 11) is 0. The smallest absolute Gasteiger partial charge is 0.251 e. The highest BCUT2D eigenvalue weighted by atomic mass is 127. The van der Waals surface area contributed by atoms with Gasteiger partial charge in [-0.1, -0.05) is 26.0 Å². The van der Waals surface area contributed by atoms with Gasteiger partial charge in [-0.3, -0.25) is 4.79 Å². The van der Waals surface area contributed by atoms with Gasteiger partial charge >= 0.3 is 0 Å². The van der Waals surface area contributed by atoms with Crippen molar-refractivity contribution in [1.82, 2.24) is 16.0 Å². The molecule has 1 amide bonds. The van der Waals surface area contributed by atoms with E-state index in [9.17, 15) is 4.79 Å². The molecular formula is C20H35IN4O2. The topological polar surface area (TPSA) is 74.8 Å². The molecule has 0 bridgehead atoms. The Bertz CT molecular complexity index is 565. The molecule has 0 aromatic heterocycles. The van der Waals surface area contributed by atoms with Crippen molar-refractivity contribution >= 4 is 35.8 Å². The van der Waals surface area contributed by atoms with Gasteiger partial charge in [0.2, 0.25) is 0 Å². The Morgan fingerprint density at radius 2 is 1.85 bits per heavy atom. The van der Waals surface area contributed by atoms with Gasteiger partial charge < -0.3 is 20.7 Å². The number of nitrogens with zero attached hydrogens (tertiary/aromatic N) is 1. The number of amides is 1. The van der Waals surface area contributed by atoms with E-state index in [1.807, 2.05) is 38.1 Å². The van der Waals surface area contributed by atoms with Crippen LogP contribution in [0.3, 0.4) is 0 Å². The van der Waals surface area contributed by atoms with Crippen molar-refractivity contribution < 1.29 is 9.53 Å². The molecule has 0 saturated carbocycles. The van der Waals surface area contributed by atoms with Gasteiger partial charge in [-0.05, 0) is 43.9 Å². The molecule has 0 unspecified atom stereocenters. The van der Waals surface area contributed by atoms with Gasteiger partial charge in [0, 0.05) is 31.8 Å². The fourth-order valence-electron chi connectivity index (χ4n) is 2.25. The third-order valence-corrected chi connectivity index (χ3v) is 3.67. The van der Waals surface area contributed by atoms with Crippen LogP contribution in [0, 0.1) is 5.92 Å². The van der Waals surface area contributed by atoms with Crippen molar-refractivity contribution in [2.45, 2.75) is 40.7 Å². The summed E-state index contributed by atoms with van der Waals surface area (Å²) in [4.78, 5) is 16.5. The Morgan fingerprint density at radius 3 is 2.52 bits per heavy atom. The first-order chi connectivity index (χ1) is 12.6. The molecule has 1 aromatic rings. The van der Waals surface area contributed by atoms with Crippen LogP contribution < -0.4 is 16.0 Å². The summed E-state index contributed by atoms with van der Waals surface area (Å²) in [6, 6.07) is 7.56. The molecule has 1 aromatic carbocycles. The number of aliphatic imine (C=N–C) groups is 1. The molecule has 0 saturated heterocycles. The third kappa shape index (κ3) is 11.9. The fraction of sp³-hybridized carbons (Fsp3) is 0.600. The summed E-state index contributed by atoms with van der Waals surface area (Å²) in [5, 5.41) is 9.31. The molecule has 3 N–H and O–H groups in total. The number of carbonyl (C=O) groups is 1. The SMILES string of the molecule is CCNC(=O)c1cccc(CN=C(NCC)NCCOCCC(C)C)c1.I. The molecule has 0 aliphatic rings. The Kier molecular flexibility index (Phi) is 14.9. The zero-order chi connectivity index (χ0) is 19.2. The largest absolute Gasteiger partial charge is 0.380 e. The summed E-state index contributed by atoms with van der Waals surface area (Å²) in [5.41, 5.74) is 1.66. The van der Waals surface area contributed by atoms with Crippen molar-refractivity contribution in [2.24, 2.45) is 10.9 Å². The normalized spacial score (nSPS) is 11.1. The molecule has 0 spiro atoms. The highest BCUT2D eigenvalue weighted by molar-refractivity contribution is 14.0. The predicted octanol–water partition coefficient (Wildman–Crippen LogP) is 3.17. The average Bonchev–Trinajstić information content (AvgIpc) is 2.62. The van der Waals surface area contributed by atoms with Gasteiger partial charge in [0.05, 0.1) is 13.2 Å². The minimum absolute atomic E-state index is 0. The second kappa shape index (κ2) is 15.7. The predicted molar refractivity (Wildman–Crippen MR) is 123 cm³/mol. The van der Waals surface area contributed by atoms with E-state index in [4.69, 9.17) is 4.74 Å². The Balaban J connectivity index is 0.00000676. The number of ether oxygens (including phenoxy) is 1. The number of carbonyl (C=O) groups excluding carboxylic acids is 1. The van der Waals surface area contributed by atoms with Crippen LogP contribution in [0.5, 0.6) is 0 Å². The van der Waals surface area contributed by atoms with E-state index in [1.165, 1.54) is 0 Å². The van der Waals surface area contributed by atoms with E-state index in [0.717, 1.165) is 31.1 Å². The first-order valence-electron chi connectivity index (χ1n) is 9.53. The van der Waals surface area contributed by atoms with Crippen molar-refractivity contribution in [3.8, 4) is 0 Å². The second-order valence-electron chi connectivity index (χ2n) is 6.48. The van der Waals surface area contributed by atoms with Gasteiger partial charge in [0.25, 0.3) is 5.91 Å². The van der Waals surface area contributed by atoms with Crippen LogP contribution >= 0.6 is 24.0 Å². The van der Waals surface area contributed by atoms with Crippen LogP contribution in [0.25, 0.3) is 0 Å². The fourth-order valence-corrected chi connectivity index (χ4v) is 2.25. The van der Waals surface area contributed by atoms with Crippen molar-refractivity contribution in [3.63, 3.8) is 0 Å². The Hall–Kier alpha value is -1.35. The Morgan fingerprint density at radius 1 is 1.11 bits per heavy atom. The van der Waals surface area contributed by atoms with Crippen LogP contribution in [0.2, 0.25) is 0 Å². The maximum atomic E-state index is 11.9. The lowest BCUT2D eigenvalue weighted by Gasteiger charge is -2.12. The van der Waals surface area contributed by atoms with Crippen molar-refractivity contribution in [1.29, 1.82) is 0 Å². The maximum absolute atomic E-state index is 11.9. The summed E-state index contributed by atoms with van der Waals surface area (Å²) >= 11 is 0. The second-order valence-corrected chi connectivity index (χ2v) is 6.48. The molecular weight excluding hydrogens is 455 g/mol. The molecule has 27 heavy (non-hydrogen) atoms. The molecule has 1 rings (SSSR count). The molecule has 0 atom stereocenters. The quantitative estimate of drug-likeness (QED) is 0.193. The van der Waals surface area contributed by atoms with E-state index in [1.54, 1.807) is 0 Å². The molecule has 0 aliphatic heterocycles. The third-order valence-electron chi connectivity index (χ3n) is 3.67. The molecule has 6 nitrogen and oxygen atoms in total. The molecule has 0 radical (unpaired) electrons. The molecule has 0 heterocycles. The van der Waals surface area contributed by atoms with Gasteiger partial charge in [0.15, 0.2) is 5.96 Å². The van der Waals surface area contributed by atoms with Gasteiger partial charge in [-0.25, -0.2) is 4.99 Å². The molecule has 154 valence electrons. The van der Waals surface area contributed by atoms with E-state index in [0.29, 0.717) is 37.7 Å². The van der Waals surface area contributed by atoms with E-state index in [-0.39, 0.29) is 29.9 Å². The Labute approximate surface area is 181 Å². The zero-order valence-electron chi connectivity index (χ0n) is 17.0. The first-order valence-corrected chi connectivity index (χ1v) is 9.53. The lowest BCUT2D eigenvalue weighted by molar-refractivity contribution is 0.0955. The number of halogens is 1. The standard InChI is InChI=1S/C20H34N4O2.HI/c1-5-21-19(25)18-9-7-8-17(14-18)15-24-20(22-6-2)23-11-13-26-12-10-16(3)4;/h7-9,14,16H,5-6,10-13,15H2,1-4H3,(H,21,25)(H2,22,23,24);1H. The van der Waals surface area contributed by atoms with E-state index < -0.39 is 0 Å². The van der Waals surface area contributed by atoms with Crippen LogP contribution in [-0.2, 0) is 11.3 Å². The first kappa shape index (κ1) is 25.6. The maximum Gasteiger partial charge on any atom is 0.251 e. The van der Waals surface area contributed by atoms with Gasteiger partial charge in [-0.15, -0.1) is 24.0 Å².